The molecule has 0 heterocycles. The molecule has 0 aliphatic heterocycles. The molecule has 114 valence electrons. The zero-order valence-corrected chi connectivity index (χ0v) is 13.2. The van der Waals surface area contributed by atoms with Gasteiger partial charge in [0.1, 0.15) is 0 Å². The second-order valence-electron chi connectivity index (χ2n) is 4.76. The van der Waals surface area contributed by atoms with E-state index in [1.165, 1.54) is 13.0 Å². The molecular formula is C16H28N2O2. The van der Waals surface area contributed by atoms with Crippen molar-refractivity contribution in [3.63, 3.8) is 0 Å². The second-order valence-corrected chi connectivity index (χ2v) is 4.76. The van der Waals surface area contributed by atoms with Crippen molar-refractivity contribution in [3.8, 4) is 11.5 Å². The van der Waals surface area contributed by atoms with Crippen molar-refractivity contribution in [2.75, 3.05) is 40.4 Å². The summed E-state index contributed by atoms with van der Waals surface area (Å²) in [6, 6.07) is 5.98. The Labute approximate surface area is 123 Å². The van der Waals surface area contributed by atoms with Crippen LogP contribution in [0.15, 0.2) is 18.2 Å². The van der Waals surface area contributed by atoms with Crippen LogP contribution in [0.25, 0.3) is 0 Å². The molecule has 1 aromatic rings. The molecule has 0 aliphatic carbocycles. The van der Waals surface area contributed by atoms with Gasteiger partial charge in [-0.15, -0.1) is 0 Å². The van der Waals surface area contributed by atoms with Crippen LogP contribution in [-0.4, -0.2) is 45.3 Å². The van der Waals surface area contributed by atoms with Crippen molar-refractivity contribution >= 4 is 0 Å². The third-order valence-electron chi connectivity index (χ3n) is 3.39. The molecule has 0 aromatic heterocycles. The van der Waals surface area contributed by atoms with Gasteiger partial charge in [-0.1, -0.05) is 26.0 Å². The van der Waals surface area contributed by atoms with Gasteiger partial charge in [0.25, 0.3) is 0 Å². The number of ether oxygens (including phenoxy) is 2. The van der Waals surface area contributed by atoms with Crippen molar-refractivity contribution in [1.82, 2.24) is 10.2 Å². The monoisotopic (exact) mass is 280 g/mol. The number of nitrogens with zero attached hydrogens (tertiary/aromatic N) is 1. The van der Waals surface area contributed by atoms with E-state index in [-0.39, 0.29) is 0 Å². The highest BCUT2D eigenvalue weighted by Crippen LogP contribution is 2.30. The Balaban J connectivity index is 2.45. The largest absolute Gasteiger partial charge is 0.493 e. The lowest BCUT2D eigenvalue weighted by Gasteiger charge is -2.20. The van der Waals surface area contributed by atoms with E-state index in [0.717, 1.165) is 43.2 Å². The summed E-state index contributed by atoms with van der Waals surface area (Å²) >= 11 is 0. The summed E-state index contributed by atoms with van der Waals surface area (Å²) in [5, 5.41) is 3.47. The topological polar surface area (TPSA) is 33.7 Å². The maximum Gasteiger partial charge on any atom is 0.165 e. The normalized spacial score (nSPS) is 10.8. The fourth-order valence-corrected chi connectivity index (χ4v) is 2.30. The highest BCUT2D eigenvalue weighted by atomic mass is 16.5. The van der Waals surface area contributed by atoms with Crippen LogP contribution in [0.5, 0.6) is 11.5 Å². The summed E-state index contributed by atoms with van der Waals surface area (Å²) in [4.78, 5) is 2.45. The van der Waals surface area contributed by atoms with Crippen LogP contribution in [0.4, 0.5) is 0 Å². The van der Waals surface area contributed by atoms with E-state index in [9.17, 15) is 0 Å². The maximum atomic E-state index is 5.43. The Bertz CT molecular complexity index is 383. The summed E-state index contributed by atoms with van der Waals surface area (Å²) in [5.74, 6) is 1.61. The first-order valence-electron chi connectivity index (χ1n) is 7.39. The van der Waals surface area contributed by atoms with Gasteiger partial charge in [-0.3, -0.25) is 0 Å². The van der Waals surface area contributed by atoms with Gasteiger partial charge in [0, 0.05) is 25.2 Å². The zero-order chi connectivity index (χ0) is 14.8. The van der Waals surface area contributed by atoms with Crippen molar-refractivity contribution in [2.24, 2.45) is 0 Å². The molecule has 0 aliphatic rings. The molecule has 0 saturated carbocycles. The van der Waals surface area contributed by atoms with Gasteiger partial charge < -0.3 is 19.7 Å². The fourth-order valence-electron chi connectivity index (χ4n) is 2.30. The highest BCUT2D eigenvalue weighted by Gasteiger charge is 2.08. The molecule has 0 bridgehead atoms. The van der Waals surface area contributed by atoms with Gasteiger partial charge in [-0.05, 0) is 25.6 Å². The van der Waals surface area contributed by atoms with Gasteiger partial charge in [-0.25, -0.2) is 0 Å². The van der Waals surface area contributed by atoms with Gasteiger partial charge in [-0.2, -0.15) is 0 Å². The van der Waals surface area contributed by atoms with Crippen LogP contribution in [0.3, 0.4) is 0 Å². The lowest BCUT2D eigenvalue weighted by molar-refractivity contribution is 0.287. The number of benzene rings is 1. The minimum atomic E-state index is 0.785. The van der Waals surface area contributed by atoms with Crippen LogP contribution in [0.2, 0.25) is 0 Å². The minimum Gasteiger partial charge on any atom is -0.493 e. The van der Waals surface area contributed by atoms with E-state index < -0.39 is 0 Å². The molecule has 1 rings (SSSR count). The first kappa shape index (κ1) is 16.8. The van der Waals surface area contributed by atoms with Gasteiger partial charge in [0.2, 0.25) is 0 Å². The SMILES string of the molecule is CCCN(CC)CCNCc1cccc(OC)c1OC. The molecule has 4 heteroatoms. The number of para-hydroxylation sites is 1. The van der Waals surface area contributed by atoms with Crippen molar-refractivity contribution in [3.05, 3.63) is 23.8 Å². The van der Waals surface area contributed by atoms with E-state index in [1.54, 1.807) is 14.2 Å². The lowest BCUT2D eigenvalue weighted by Crippen LogP contribution is -2.32. The number of hydrogen-bond donors (Lipinski definition) is 1. The molecule has 0 atom stereocenters. The molecule has 0 radical (unpaired) electrons. The average Bonchev–Trinajstić information content (AvgIpc) is 2.49. The van der Waals surface area contributed by atoms with Crippen LogP contribution in [0.1, 0.15) is 25.8 Å². The van der Waals surface area contributed by atoms with Crippen molar-refractivity contribution in [2.45, 2.75) is 26.8 Å². The number of nitrogens with one attached hydrogen (secondary N) is 1. The molecule has 1 N–H and O–H groups in total. The Morgan fingerprint density at radius 2 is 1.90 bits per heavy atom. The summed E-state index contributed by atoms with van der Waals surface area (Å²) in [5.41, 5.74) is 1.13. The number of methoxy groups -OCH3 is 2. The standard InChI is InChI=1S/C16H28N2O2/c1-5-11-18(6-2)12-10-17-13-14-8-7-9-15(19-3)16(14)20-4/h7-9,17H,5-6,10-13H2,1-4H3. The van der Waals surface area contributed by atoms with Crippen LogP contribution < -0.4 is 14.8 Å². The van der Waals surface area contributed by atoms with Crippen LogP contribution >= 0.6 is 0 Å². The molecule has 1 aromatic carbocycles. The van der Waals surface area contributed by atoms with E-state index in [0.29, 0.717) is 0 Å². The lowest BCUT2D eigenvalue weighted by atomic mass is 10.2. The number of hydrogen-bond acceptors (Lipinski definition) is 4. The molecule has 20 heavy (non-hydrogen) atoms. The summed E-state index contributed by atoms with van der Waals surface area (Å²) in [6.07, 6.45) is 1.21. The predicted octanol–water partition coefficient (Wildman–Crippen LogP) is 2.53. The maximum absolute atomic E-state index is 5.43. The van der Waals surface area contributed by atoms with E-state index in [4.69, 9.17) is 9.47 Å². The van der Waals surface area contributed by atoms with Gasteiger partial charge in [0.05, 0.1) is 14.2 Å². The molecule has 0 amide bonds. The van der Waals surface area contributed by atoms with Gasteiger partial charge in [0.15, 0.2) is 11.5 Å². The van der Waals surface area contributed by atoms with E-state index in [2.05, 4.69) is 30.1 Å². The molecule has 4 nitrogen and oxygen atoms in total. The summed E-state index contributed by atoms with van der Waals surface area (Å²) < 4.78 is 10.7. The number of rotatable bonds is 10. The third-order valence-corrected chi connectivity index (χ3v) is 3.39. The number of likely N-dealkylation sites (N-methyl/N-ethyl adjacent to an activating group) is 1. The summed E-state index contributed by atoms with van der Waals surface area (Å²) in [6.45, 7) is 9.56. The molecular weight excluding hydrogens is 252 g/mol. The smallest absolute Gasteiger partial charge is 0.165 e. The van der Waals surface area contributed by atoms with Crippen LogP contribution in [0, 0.1) is 0 Å². The molecule has 0 spiro atoms. The molecule has 0 fully saturated rings. The van der Waals surface area contributed by atoms with Crippen LogP contribution in [-0.2, 0) is 6.54 Å². The minimum absolute atomic E-state index is 0.785. The quantitative estimate of drug-likeness (QED) is 0.668. The Morgan fingerprint density at radius 1 is 1.10 bits per heavy atom. The first-order valence-corrected chi connectivity index (χ1v) is 7.39. The Kier molecular flexibility index (Phi) is 8.07. The molecule has 0 unspecified atom stereocenters. The Hall–Kier alpha value is -1.26. The first-order chi connectivity index (χ1) is 9.76. The Morgan fingerprint density at radius 3 is 2.50 bits per heavy atom. The average molecular weight is 280 g/mol. The van der Waals surface area contributed by atoms with E-state index in [1.807, 2.05) is 12.1 Å². The second kappa shape index (κ2) is 9.61. The van der Waals surface area contributed by atoms with Crippen molar-refractivity contribution in [1.29, 1.82) is 0 Å². The zero-order valence-electron chi connectivity index (χ0n) is 13.2. The van der Waals surface area contributed by atoms with Crippen molar-refractivity contribution < 1.29 is 9.47 Å². The predicted molar refractivity (Wildman–Crippen MR) is 83.7 cm³/mol. The third kappa shape index (κ3) is 5.02. The molecule has 0 saturated heterocycles. The highest BCUT2D eigenvalue weighted by molar-refractivity contribution is 5.46. The van der Waals surface area contributed by atoms with Gasteiger partial charge >= 0.3 is 0 Å². The fraction of sp³-hybridized carbons (Fsp3) is 0.625. The summed E-state index contributed by atoms with van der Waals surface area (Å²) in [7, 11) is 3.35. The van der Waals surface area contributed by atoms with E-state index >= 15 is 0 Å².